The van der Waals surface area contributed by atoms with Gasteiger partial charge in [-0.25, -0.2) is 4.18 Å². The van der Waals surface area contributed by atoms with E-state index in [0.717, 1.165) is 0 Å². The predicted molar refractivity (Wildman–Crippen MR) is 58.9 cm³/mol. The van der Waals surface area contributed by atoms with Crippen LogP contribution in [0.2, 0.25) is 0 Å². The first-order valence-corrected chi connectivity index (χ1v) is 7.77. The normalized spacial score (nSPS) is 36.0. The number of rotatable bonds is 5. The van der Waals surface area contributed by atoms with Gasteiger partial charge in [-0.1, -0.05) is 0 Å². The zero-order valence-electron chi connectivity index (χ0n) is 9.60. The highest BCUT2D eigenvalue weighted by Gasteiger charge is 2.45. The molecule has 20 heavy (non-hydrogen) atoms. The molecule has 0 radical (unpaired) electrons. The van der Waals surface area contributed by atoms with E-state index in [1.807, 2.05) is 0 Å². The lowest BCUT2D eigenvalue weighted by Gasteiger charge is -2.39. The summed E-state index contributed by atoms with van der Waals surface area (Å²) in [6.45, 7) is -0.938. The SMILES string of the molecule is O=S(=O)(O)N[C@H]1C(O)O[C@H](COS(=O)(=O)O)[C@@H](O)[C@@H]1O. The molecular formula is C6H13NO11S2. The van der Waals surface area contributed by atoms with Gasteiger partial charge in [-0.05, 0) is 0 Å². The summed E-state index contributed by atoms with van der Waals surface area (Å²) >= 11 is 0. The van der Waals surface area contributed by atoms with Crippen LogP contribution in [0.15, 0.2) is 0 Å². The first kappa shape index (κ1) is 17.6. The summed E-state index contributed by atoms with van der Waals surface area (Å²) in [5.41, 5.74) is 0. The monoisotopic (exact) mass is 339 g/mol. The highest BCUT2D eigenvalue weighted by atomic mass is 32.3. The molecule has 1 unspecified atom stereocenters. The minimum absolute atomic E-state index is 0.938. The number of hydrogen-bond donors (Lipinski definition) is 6. The molecule has 120 valence electrons. The van der Waals surface area contributed by atoms with Crippen LogP contribution < -0.4 is 4.72 Å². The summed E-state index contributed by atoms with van der Waals surface area (Å²) in [5.74, 6) is 0. The number of nitrogens with one attached hydrogen (secondary N) is 1. The van der Waals surface area contributed by atoms with Crippen molar-refractivity contribution in [1.29, 1.82) is 0 Å². The number of ether oxygens (including phenoxy) is 1. The standard InChI is InChI=1S/C6H13NO11S2/c8-4-2(1-17-20(14,15)16)18-6(10)3(5(4)9)7-19(11,12)13/h2-10H,1H2,(H,11,12,13)(H,14,15,16)/t2-,3-,4-,5-,6?/m1/s1. The van der Waals surface area contributed by atoms with Crippen LogP contribution in [0.3, 0.4) is 0 Å². The smallest absolute Gasteiger partial charge is 0.388 e. The van der Waals surface area contributed by atoms with Gasteiger partial charge in [-0.3, -0.25) is 9.11 Å². The molecule has 5 atom stereocenters. The van der Waals surface area contributed by atoms with Gasteiger partial charge in [-0.2, -0.15) is 21.6 Å². The third-order valence-corrected chi connectivity index (χ3v) is 3.39. The minimum atomic E-state index is -4.83. The molecule has 0 amide bonds. The van der Waals surface area contributed by atoms with Crippen molar-refractivity contribution in [2.45, 2.75) is 30.6 Å². The molecule has 0 aliphatic carbocycles. The third kappa shape index (κ3) is 5.17. The fourth-order valence-electron chi connectivity index (χ4n) is 1.54. The Labute approximate surface area is 113 Å². The van der Waals surface area contributed by atoms with Crippen molar-refractivity contribution in [3.8, 4) is 0 Å². The molecule has 0 aromatic rings. The summed E-state index contributed by atoms with van der Waals surface area (Å²) in [6.07, 6.45) is -7.37. The lowest BCUT2D eigenvalue weighted by Crippen LogP contribution is -2.64. The van der Waals surface area contributed by atoms with E-state index in [1.165, 1.54) is 4.72 Å². The van der Waals surface area contributed by atoms with Gasteiger partial charge < -0.3 is 20.1 Å². The first-order chi connectivity index (χ1) is 8.91. The second kappa shape index (κ2) is 6.14. The van der Waals surface area contributed by atoms with Crippen LogP contribution in [-0.4, -0.2) is 78.5 Å². The molecule has 0 aromatic carbocycles. The van der Waals surface area contributed by atoms with Gasteiger partial charge in [0.25, 0.3) is 0 Å². The van der Waals surface area contributed by atoms with Gasteiger partial charge in [0.05, 0.1) is 6.61 Å². The van der Waals surface area contributed by atoms with E-state index >= 15 is 0 Å². The van der Waals surface area contributed by atoms with E-state index in [1.54, 1.807) is 0 Å². The Kier molecular flexibility index (Phi) is 5.41. The maximum Gasteiger partial charge on any atom is 0.397 e. The summed E-state index contributed by atoms with van der Waals surface area (Å²) in [7, 11) is -9.62. The molecule has 1 aliphatic rings. The summed E-state index contributed by atoms with van der Waals surface area (Å²) in [6, 6.07) is -1.79. The Bertz CT molecular complexity index is 527. The molecule has 0 saturated carbocycles. The fourth-order valence-corrected chi connectivity index (χ4v) is 2.44. The highest BCUT2D eigenvalue weighted by Crippen LogP contribution is 2.21. The molecular weight excluding hydrogens is 326 g/mol. The highest BCUT2D eigenvalue weighted by molar-refractivity contribution is 7.83. The molecule has 0 aromatic heterocycles. The van der Waals surface area contributed by atoms with Crippen LogP contribution in [0, 0.1) is 0 Å². The minimum Gasteiger partial charge on any atom is -0.388 e. The molecule has 1 fully saturated rings. The zero-order chi connectivity index (χ0) is 15.7. The van der Waals surface area contributed by atoms with Crippen molar-refractivity contribution < 1.29 is 50.2 Å². The molecule has 1 saturated heterocycles. The van der Waals surface area contributed by atoms with Gasteiger partial charge in [0.15, 0.2) is 6.29 Å². The molecule has 6 N–H and O–H groups in total. The van der Waals surface area contributed by atoms with E-state index in [0.29, 0.717) is 0 Å². The average Bonchev–Trinajstić information content (AvgIpc) is 2.25. The Balaban J connectivity index is 2.76. The van der Waals surface area contributed by atoms with Crippen LogP contribution in [0.5, 0.6) is 0 Å². The maximum absolute atomic E-state index is 10.6. The lowest BCUT2D eigenvalue weighted by molar-refractivity contribution is -0.250. The van der Waals surface area contributed by atoms with E-state index in [2.05, 4.69) is 8.92 Å². The van der Waals surface area contributed by atoms with Crippen LogP contribution in [-0.2, 0) is 29.6 Å². The summed E-state index contributed by atoms with van der Waals surface area (Å²) in [4.78, 5) is 0. The molecule has 0 spiro atoms. The van der Waals surface area contributed by atoms with Crippen LogP contribution >= 0.6 is 0 Å². The van der Waals surface area contributed by atoms with E-state index in [-0.39, 0.29) is 0 Å². The first-order valence-electron chi connectivity index (χ1n) is 4.97. The fraction of sp³-hybridized carbons (Fsp3) is 1.00. The van der Waals surface area contributed by atoms with Gasteiger partial charge in [-0.15, -0.1) is 0 Å². The second-order valence-corrected chi connectivity index (χ2v) is 6.15. The van der Waals surface area contributed by atoms with Gasteiger partial charge in [0.1, 0.15) is 24.4 Å². The van der Waals surface area contributed by atoms with Crippen molar-refractivity contribution in [3.63, 3.8) is 0 Å². The van der Waals surface area contributed by atoms with Crippen LogP contribution in [0.4, 0.5) is 0 Å². The number of aliphatic hydroxyl groups excluding tert-OH is 3. The van der Waals surface area contributed by atoms with Crippen molar-refractivity contribution in [1.82, 2.24) is 4.72 Å². The number of aliphatic hydroxyl groups is 3. The second-order valence-electron chi connectivity index (χ2n) is 3.88. The van der Waals surface area contributed by atoms with Crippen molar-refractivity contribution in [2.75, 3.05) is 6.61 Å². The molecule has 1 rings (SSSR count). The summed E-state index contributed by atoms with van der Waals surface area (Å²) in [5, 5.41) is 28.6. The van der Waals surface area contributed by atoms with Crippen molar-refractivity contribution >= 4 is 20.7 Å². The van der Waals surface area contributed by atoms with E-state index in [9.17, 15) is 32.2 Å². The average molecular weight is 339 g/mol. The molecule has 1 aliphatic heterocycles. The van der Waals surface area contributed by atoms with Crippen molar-refractivity contribution in [2.24, 2.45) is 0 Å². The molecule has 12 nitrogen and oxygen atoms in total. The Morgan fingerprint density at radius 1 is 1.05 bits per heavy atom. The quantitative estimate of drug-likeness (QED) is 0.267. The Morgan fingerprint density at radius 2 is 1.60 bits per heavy atom. The summed E-state index contributed by atoms with van der Waals surface area (Å²) < 4.78 is 68.7. The maximum atomic E-state index is 10.6. The van der Waals surface area contributed by atoms with Gasteiger partial charge in [0.2, 0.25) is 0 Å². The van der Waals surface area contributed by atoms with Gasteiger partial charge >= 0.3 is 20.7 Å². The Hall–Kier alpha value is -0.420. The van der Waals surface area contributed by atoms with Crippen LogP contribution in [0.25, 0.3) is 0 Å². The Morgan fingerprint density at radius 3 is 2.05 bits per heavy atom. The largest absolute Gasteiger partial charge is 0.397 e. The van der Waals surface area contributed by atoms with E-state index in [4.69, 9.17) is 9.11 Å². The van der Waals surface area contributed by atoms with Crippen molar-refractivity contribution in [3.05, 3.63) is 0 Å². The van der Waals surface area contributed by atoms with Crippen LogP contribution in [0.1, 0.15) is 0 Å². The predicted octanol–water partition coefficient (Wildman–Crippen LogP) is -3.99. The number of hydrogen-bond acceptors (Lipinski definition) is 9. The third-order valence-electron chi connectivity index (χ3n) is 2.39. The lowest BCUT2D eigenvalue weighted by atomic mass is 9.98. The van der Waals surface area contributed by atoms with Gasteiger partial charge in [0, 0.05) is 0 Å². The zero-order valence-corrected chi connectivity index (χ0v) is 11.2. The molecule has 14 heteroatoms. The molecule has 0 bridgehead atoms. The molecule has 1 heterocycles. The topological polar surface area (TPSA) is 200 Å². The van der Waals surface area contributed by atoms with E-state index < -0.39 is 58.0 Å².